The van der Waals surface area contributed by atoms with Crippen molar-refractivity contribution in [2.24, 2.45) is 0 Å². The summed E-state index contributed by atoms with van der Waals surface area (Å²) in [6.07, 6.45) is 5.92. The second kappa shape index (κ2) is 10.00. The molecular weight excluding hydrogens is 480 g/mol. The van der Waals surface area contributed by atoms with E-state index in [0.717, 1.165) is 63.4 Å². The lowest BCUT2D eigenvalue weighted by molar-refractivity contribution is 0.0695. The Morgan fingerprint density at radius 3 is 2.68 bits per heavy atom. The average Bonchev–Trinajstić information content (AvgIpc) is 3.38. The van der Waals surface area contributed by atoms with Gasteiger partial charge < -0.3 is 19.9 Å². The summed E-state index contributed by atoms with van der Waals surface area (Å²) < 4.78 is 1.69. The Morgan fingerprint density at radius 1 is 1.05 bits per heavy atom. The van der Waals surface area contributed by atoms with E-state index in [1.54, 1.807) is 4.57 Å². The van der Waals surface area contributed by atoms with E-state index in [2.05, 4.69) is 56.4 Å². The number of carboxylic acid groups (broad SMARTS) is 1. The smallest absolute Gasteiger partial charge is 0.341 e. The zero-order valence-electron chi connectivity index (χ0n) is 21.4. The summed E-state index contributed by atoms with van der Waals surface area (Å²) in [6, 6.07) is 14.3. The summed E-state index contributed by atoms with van der Waals surface area (Å²) in [6.45, 7) is 5.09. The third kappa shape index (κ3) is 4.78. The van der Waals surface area contributed by atoms with Crippen molar-refractivity contribution in [3.8, 4) is 5.69 Å². The Bertz CT molecular complexity index is 1590. The Labute approximate surface area is 220 Å². The number of hydrogen-bond donors (Lipinski definition) is 2. The van der Waals surface area contributed by atoms with E-state index in [1.807, 2.05) is 18.2 Å². The first-order valence-electron chi connectivity index (χ1n) is 13.0. The molecular formula is C29H30N6O3. The monoisotopic (exact) mass is 510 g/mol. The number of carbonyl (C=O) groups is 1. The minimum Gasteiger partial charge on any atom is -0.477 e. The van der Waals surface area contributed by atoms with E-state index in [-0.39, 0.29) is 10.9 Å². The molecule has 2 N–H and O–H groups in total. The van der Waals surface area contributed by atoms with Crippen LogP contribution in [0.3, 0.4) is 0 Å². The quantitative estimate of drug-likeness (QED) is 0.407. The first kappa shape index (κ1) is 24.3. The van der Waals surface area contributed by atoms with Crippen molar-refractivity contribution in [3.63, 3.8) is 0 Å². The van der Waals surface area contributed by atoms with Crippen molar-refractivity contribution >= 4 is 28.6 Å². The molecule has 194 valence electrons. The van der Waals surface area contributed by atoms with Gasteiger partial charge in [0.05, 0.1) is 5.39 Å². The van der Waals surface area contributed by atoms with Crippen LogP contribution in [0.4, 0.5) is 11.6 Å². The van der Waals surface area contributed by atoms with E-state index in [0.29, 0.717) is 11.6 Å². The highest BCUT2D eigenvalue weighted by Crippen LogP contribution is 2.26. The number of benzene rings is 2. The van der Waals surface area contributed by atoms with Crippen molar-refractivity contribution < 1.29 is 9.90 Å². The van der Waals surface area contributed by atoms with E-state index in [4.69, 9.17) is 0 Å². The Morgan fingerprint density at radius 2 is 1.87 bits per heavy atom. The molecule has 0 radical (unpaired) electrons. The molecule has 4 aromatic rings. The van der Waals surface area contributed by atoms with Gasteiger partial charge in [0.2, 0.25) is 11.4 Å². The fraction of sp³-hybridized carbons (Fsp3) is 0.310. The van der Waals surface area contributed by atoms with Gasteiger partial charge in [0, 0.05) is 56.5 Å². The molecule has 0 amide bonds. The van der Waals surface area contributed by atoms with Crippen molar-refractivity contribution in [2.45, 2.75) is 25.8 Å². The Kier molecular flexibility index (Phi) is 6.39. The second-order valence-corrected chi connectivity index (χ2v) is 10.2. The lowest BCUT2D eigenvalue weighted by atomic mass is 10.1. The van der Waals surface area contributed by atoms with Crippen LogP contribution in [0.15, 0.2) is 59.7 Å². The number of nitrogens with one attached hydrogen (secondary N) is 1. The molecule has 0 atom stereocenters. The number of likely N-dealkylation sites (N-methyl/N-ethyl adjacent to an activating group) is 1. The molecule has 9 heteroatoms. The van der Waals surface area contributed by atoms with Crippen molar-refractivity contribution in [2.75, 3.05) is 38.5 Å². The number of carboxylic acids is 1. The van der Waals surface area contributed by atoms with Crippen LogP contribution in [-0.4, -0.2) is 68.6 Å². The van der Waals surface area contributed by atoms with Gasteiger partial charge in [-0.2, -0.15) is 4.98 Å². The predicted molar refractivity (Wildman–Crippen MR) is 147 cm³/mol. The fourth-order valence-corrected chi connectivity index (χ4v) is 5.37. The van der Waals surface area contributed by atoms with E-state index in [1.165, 1.54) is 29.1 Å². The van der Waals surface area contributed by atoms with Gasteiger partial charge in [-0.3, -0.25) is 9.69 Å². The number of pyridine rings is 1. The molecule has 9 nitrogen and oxygen atoms in total. The highest BCUT2D eigenvalue weighted by Gasteiger charge is 2.19. The number of aromatic nitrogens is 3. The molecule has 1 aliphatic carbocycles. The zero-order valence-corrected chi connectivity index (χ0v) is 21.4. The fourth-order valence-electron chi connectivity index (χ4n) is 5.37. The summed E-state index contributed by atoms with van der Waals surface area (Å²) >= 11 is 0. The maximum Gasteiger partial charge on any atom is 0.341 e. The van der Waals surface area contributed by atoms with Gasteiger partial charge in [-0.15, -0.1) is 0 Å². The molecule has 0 saturated carbocycles. The molecule has 0 bridgehead atoms. The Hall–Kier alpha value is -4.08. The van der Waals surface area contributed by atoms with Gasteiger partial charge in [-0.25, -0.2) is 9.78 Å². The van der Waals surface area contributed by atoms with Gasteiger partial charge in [-0.05, 0) is 67.3 Å². The topological polar surface area (TPSA) is 104 Å². The third-order valence-corrected chi connectivity index (χ3v) is 7.52. The molecule has 38 heavy (non-hydrogen) atoms. The first-order chi connectivity index (χ1) is 18.4. The van der Waals surface area contributed by atoms with Gasteiger partial charge in [0.15, 0.2) is 5.65 Å². The molecule has 3 heterocycles. The molecule has 2 aromatic carbocycles. The lowest BCUT2D eigenvalue weighted by Gasteiger charge is -2.32. The summed E-state index contributed by atoms with van der Waals surface area (Å²) in [5.41, 5.74) is 4.85. The number of rotatable bonds is 6. The second-order valence-electron chi connectivity index (χ2n) is 10.2. The van der Waals surface area contributed by atoms with Gasteiger partial charge >= 0.3 is 5.97 Å². The molecule has 2 aliphatic rings. The molecule has 1 fully saturated rings. The number of aryl methyl sites for hydroxylation is 2. The highest BCUT2D eigenvalue weighted by molar-refractivity contribution is 5.92. The van der Waals surface area contributed by atoms with Crippen LogP contribution in [0.5, 0.6) is 0 Å². The van der Waals surface area contributed by atoms with E-state index < -0.39 is 11.4 Å². The number of nitrogens with zero attached hydrogens (tertiary/aromatic N) is 5. The normalized spacial score (nSPS) is 16.0. The zero-order chi connectivity index (χ0) is 26.2. The third-order valence-electron chi connectivity index (χ3n) is 7.52. The predicted octanol–water partition coefficient (Wildman–Crippen LogP) is 3.46. The largest absolute Gasteiger partial charge is 0.477 e. The molecule has 0 unspecified atom stereocenters. The lowest BCUT2D eigenvalue weighted by Crippen LogP contribution is -2.43. The van der Waals surface area contributed by atoms with Crippen LogP contribution in [0.2, 0.25) is 0 Å². The maximum atomic E-state index is 13.0. The van der Waals surface area contributed by atoms with Crippen LogP contribution in [0.25, 0.3) is 16.7 Å². The molecule has 6 rings (SSSR count). The standard InChI is InChI=1S/C29H30N6O3/c1-33-10-12-34(13-11-33)17-19-4-2-7-22(14-19)31-29-30-16-24-26(36)25(28(37)38)18-35(27(24)32-29)23-9-8-20-5-3-6-21(20)15-23/h2,4,7-9,14-16,18H,3,5-6,10-13,17H2,1H3,(H,37,38)(H,30,31,32). The number of hydrogen-bond acceptors (Lipinski definition) is 7. The summed E-state index contributed by atoms with van der Waals surface area (Å²) in [5.74, 6) is -0.933. The minimum absolute atomic E-state index is 0.166. The van der Waals surface area contributed by atoms with E-state index in [9.17, 15) is 14.7 Å². The number of aromatic carboxylic acids is 1. The van der Waals surface area contributed by atoms with Gasteiger partial charge in [-0.1, -0.05) is 18.2 Å². The minimum atomic E-state index is -1.27. The van der Waals surface area contributed by atoms with Gasteiger partial charge in [0.25, 0.3) is 0 Å². The molecule has 1 aliphatic heterocycles. The maximum absolute atomic E-state index is 13.0. The number of anilines is 2. The SMILES string of the molecule is CN1CCN(Cc2cccc(Nc3ncc4c(=O)c(C(=O)O)cn(-c5ccc6c(c5)CCC6)c4n3)c2)CC1. The van der Waals surface area contributed by atoms with Crippen LogP contribution in [0.1, 0.15) is 33.5 Å². The van der Waals surface area contributed by atoms with E-state index >= 15 is 0 Å². The Balaban J connectivity index is 1.35. The highest BCUT2D eigenvalue weighted by atomic mass is 16.4. The summed E-state index contributed by atoms with van der Waals surface area (Å²) in [7, 11) is 2.15. The molecule has 1 saturated heterocycles. The van der Waals surface area contributed by atoms with Crippen molar-refractivity contribution in [1.29, 1.82) is 0 Å². The first-order valence-corrected chi connectivity index (χ1v) is 13.0. The van der Waals surface area contributed by atoms with Crippen molar-refractivity contribution in [3.05, 3.63) is 87.3 Å². The summed E-state index contributed by atoms with van der Waals surface area (Å²) in [4.78, 5) is 38.7. The van der Waals surface area contributed by atoms with Crippen LogP contribution in [-0.2, 0) is 19.4 Å². The average molecular weight is 511 g/mol. The number of piperazine rings is 1. The molecule has 0 spiro atoms. The van der Waals surface area contributed by atoms with Crippen LogP contribution in [0, 0.1) is 0 Å². The van der Waals surface area contributed by atoms with Gasteiger partial charge in [0.1, 0.15) is 5.56 Å². The molecule has 2 aromatic heterocycles. The summed E-state index contributed by atoms with van der Waals surface area (Å²) in [5, 5.41) is 13.1. The van der Waals surface area contributed by atoms with Crippen LogP contribution >= 0.6 is 0 Å². The number of fused-ring (bicyclic) bond motifs is 2. The van der Waals surface area contributed by atoms with Crippen LogP contribution < -0.4 is 10.7 Å². The van der Waals surface area contributed by atoms with Crippen molar-refractivity contribution in [1.82, 2.24) is 24.3 Å².